The minimum absolute atomic E-state index is 0.0766. The number of carbonyl (C=O) groups excluding carboxylic acids is 2. The number of hydrogen-bond donors (Lipinski definition) is 0. The molecule has 0 spiro atoms. The van der Waals surface area contributed by atoms with Crippen molar-refractivity contribution < 1.29 is 19.1 Å². The van der Waals surface area contributed by atoms with Gasteiger partial charge in [0.25, 0.3) is 5.91 Å². The van der Waals surface area contributed by atoms with Gasteiger partial charge in [0.15, 0.2) is 11.5 Å². The van der Waals surface area contributed by atoms with Crippen LogP contribution in [0.15, 0.2) is 42.5 Å². The second kappa shape index (κ2) is 9.46. The lowest BCUT2D eigenvalue weighted by atomic mass is 10.0. The van der Waals surface area contributed by atoms with E-state index in [1.54, 1.807) is 19.0 Å². The number of methoxy groups -OCH3 is 2. The number of amides is 2. The molecule has 3 heterocycles. The van der Waals surface area contributed by atoms with E-state index in [9.17, 15) is 9.59 Å². The molecule has 35 heavy (non-hydrogen) atoms. The van der Waals surface area contributed by atoms with Gasteiger partial charge in [-0.25, -0.2) is 4.90 Å². The molecular formula is C25H28N6O4. The van der Waals surface area contributed by atoms with Crippen LogP contribution in [0.3, 0.4) is 0 Å². The average molecular weight is 477 g/mol. The van der Waals surface area contributed by atoms with Gasteiger partial charge in [-0.05, 0) is 60.9 Å². The molecule has 1 aromatic heterocycles. The van der Waals surface area contributed by atoms with Gasteiger partial charge in [-0.15, -0.1) is 10.2 Å². The van der Waals surface area contributed by atoms with E-state index in [1.807, 2.05) is 49.4 Å². The Morgan fingerprint density at radius 3 is 2.46 bits per heavy atom. The summed E-state index contributed by atoms with van der Waals surface area (Å²) in [4.78, 5) is 30.9. The van der Waals surface area contributed by atoms with Crippen molar-refractivity contribution in [3.05, 3.63) is 48.0 Å². The Labute approximate surface area is 203 Å². The van der Waals surface area contributed by atoms with Gasteiger partial charge >= 0.3 is 0 Å². The molecular weight excluding hydrogens is 448 g/mol. The molecule has 10 heteroatoms. The van der Waals surface area contributed by atoms with Crippen molar-refractivity contribution in [3.63, 3.8) is 0 Å². The lowest BCUT2D eigenvalue weighted by Gasteiger charge is -2.34. The maximum absolute atomic E-state index is 13.1. The summed E-state index contributed by atoms with van der Waals surface area (Å²) in [6, 6.07) is 12.7. The highest BCUT2D eigenvalue weighted by Crippen LogP contribution is 2.32. The number of aryl methyl sites for hydroxylation is 1. The molecule has 0 saturated carbocycles. The van der Waals surface area contributed by atoms with Crippen molar-refractivity contribution in [3.8, 4) is 22.9 Å². The van der Waals surface area contributed by atoms with Crippen molar-refractivity contribution in [1.29, 1.82) is 0 Å². The third-order valence-electron chi connectivity index (χ3n) is 6.72. The molecule has 0 N–H and O–H groups in total. The molecule has 2 aliphatic rings. The number of piperidine rings is 1. The number of tetrazole rings is 1. The second-order valence-electron chi connectivity index (χ2n) is 8.90. The number of anilines is 1. The number of imide groups is 1. The predicted octanol–water partition coefficient (Wildman–Crippen LogP) is 2.63. The molecule has 2 aromatic carbocycles. The topological polar surface area (TPSA) is 103 Å². The minimum atomic E-state index is -0.421. The first-order chi connectivity index (χ1) is 17.0. The Kier molecular flexibility index (Phi) is 6.21. The van der Waals surface area contributed by atoms with Crippen molar-refractivity contribution >= 4 is 17.5 Å². The molecule has 2 amide bonds. The largest absolute Gasteiger partial charge is 0.493 e. The Balaban J connectivity index is 1.24. The number of rotatable bonds is 6. The van der Waals surface area contributed by atoms with Crippen LogP contribution in [0.25, 0.3) is 11.4 Å². The normalized spacial score (nSPS) is 19.4. The van der Waals surface area contributed by atoms with Crippen LogP contribution in [0.2, 0.25) is 0 Å². The summed E-state index contributed by atoms with van der Waals surface area (Å²) >= 11 is 0. The number of nitrogens with zero attached hydrogens (tertiary/aromatic N) is 6. The summed E-state index contributed by atoms with van der Waals surface area (Å²) in [5, 5.41) is 13.1. The minimum Gasteiger partial charge on any atom is -0.493 e. The lowest BCUT2D eigenvalue weighted by Crippen LogP contribution is -2.46. The maximum Gasteiger partial charge on any atom is 0.251 e. The van der Waals surface area contributed by atoms with Crippen molar-refractivity contribution in [2.45, 2.75) is 38.3 Å². The van der Waals surface area contributed by atoms with E-state index in [1.165, 1.54) is 4.90 Å². The number of carbonyl (C=O) groups is 2. The second-order valence-corrected chi connectivity index (χ2v) is 8.90. The zero-order chi connectivity index (χ0) is 24.5. The zero-order valence-electron chi connectivity index (χ0n) is 20.0. The first-order valence-corrected chi connectivity index (χ1v) is 11.7. The summed E-state index contributed by atoms with van der Waals surface area (Å²) in [5.41, 5.74) is 2.45. The van der Waals surface area contributed by atoms with Crippen LogP contribution in [0.4, 0.5) is 5.69 Å². The standard InChI is InChI=1S/C25H28N6O4/c1-16-5-4-6-19(13-16)30-23(32)15-20(25(30)33)29-11-9-18(10-12-29)31-27-24(26-28-31)17-7-8-21(34-2)22(14-17)35-3/h4-8,13-14,18,20H,9-12,15H2,1-3H3/t20-/m1/s1. The summed E-state index contributed by atoms with van der Waals surface area (Å²) in [5.74, 6) is 1.46. The van der Waals surface area contributed by atoms with Crippen molar-refractivity contribution in [1.82, 2.24) is 25.1 Å². The average Bonchev–Trinajstić information content (AvgIpc) is 3.48. The highest BCUT2D eigenvalue weighted by atomic mass is 16.5. The quantitative estimate of drug-likeness (QED) is 0.501. The van der Waals surface area contributed by atoms with E-state index in [4.69, 9.17) is 9.47 Å². The van der Waals surface area contributed by atoms with Gasteiger partial charge in [-0.1, -0.05) is 12.1 Å². The Morgan fingerprint density at radius 1 is 0.971 bits per heavy atom. The zero-order valence-corrected chi connectivity index (χ0v) is 20.0. The summed E-state index contributed by atoms with van der Waals surface area (Å²) in [6.07, 6.45) is 1.75. The number of likely N-dealkylation sites (tertiary alicyclic amines) is 1. The van der Waals surface area contributed by atoms with Crippen LogP contribution in [0.1, 0.15) is 30.9 Å². The molecule has 2 fully saturated rings. The lowest BCUT2D eigenvalue weighted by molar-refractivity contribution is -0.123. The SMILES string of the molecule is COc1ccc(-c2nnn(C3CCN([C@@H]4CC(=O)N(c5cccc(C)c5)C4=O)CC3)n2)cc1OC. The smallest absolute Gasteiger partial charge is 0.251 e. The molecule has 3 aromatic rings. The van der Waals surface area contributed by atoms with Crippen LogP contribution in [0.5, 0.6) is 11.5 Å². The first kappa shape index (κ1) is 23.0. The summed E-state index contributed by atoms with van der Waals surface area (Å²) < 4.78 is 10.7. The van der Waals surface area contributed by atoms with Crippen molar-refractivity contribution in [2.24, 2.45) is 0 Å². The molecule has 10 nitrogen and oxygen atoms in total. The van der Waals surface area contributed by atoms with Gasteiger partial charge in [-0.2, -0.15) is 4.80 Å². The van der Waals surface area contributed by atoms with E-state index in [2.05, 4.69) is 20.3 Å². The van der Waals surface area contributed by atoms with Gasteiger partial charge in [0.1, 0.15) is 0 Å². The highest BCUT2D eigenvalue weighted by Gasteiger charge is 2.43. The van der Waals surface area contributed by atoms with E-state index in [0.717, 1.165) is 24.0 Å². The fourth-order valence-electron chi connectivity index (χ4n) is 4.84. The van der Waals surface area contributed by atoms with Crippen LogP contribution in [-0.4, -0.2) is 70.3 Å². The van der Waals surface area contributed by atoms with Gasteiger partial charge < -0.3 is 9.47 Å². The highest BCUT2D eigenvalue weighted by molar-refractivity contribution is 6.22. The van der Waals surface area contributed by atoms with Gasteiger partial charge in [0.05, 0.1) is 38.4 Å². The fraction of sp³-hybridized carbons (Fsp3) is 0.400. The number of hydrogen-bond acceptors (Lipinski definition) is 8. The van der Waals surface area contributed by atoms with E-state index < -0.39 is 6.04 Å². The maximum atomic E-state index is 13.1. The molecule has 0 aliphatic carbocycles. The monoisotopic (exact) mass is 476 g/mol. The molecule has 2 saturated heterocycles. The van der Waals surface area contributed by atoms with Gasteiger partial charge in [0, 0.05) is 18.7 Å². The molecule has 1 atom stereocenters. The van der Waals surface area contributed by atoms with E-state index >= 15 is 0 Å². The van der Waals surface area contributed by atoms with Crippen LogP contribution >= 0.6 is 0 Å². The number of benzene rings is 2. The van der Waals surface area contributed by atoms with Gasteiger partial charge in [-0.3, -0.25) is 14.5 Å². The Hall–Kier alpha value is -3.79. The Bertz CT molecular complexity index is 1250. The van der Waals surface area contributed by atoms with Gasteiger partial charge in [0.2, 0.25) is 11.7 Å². The first-order valence-electron chi connectivity index (χ1n) is 11.7. The van der Waals surface area contributed by atoms with Crippen LogP contribution in [-0.2, 0) is 9.59 Å². The Morgan fingerprint density at radius 2 is 1.74 bits per heavy atom. The molecule has 5 rings (SSSR count). The summed E-state index contributed by atoms with van der Waals surface area (Å²) in [7, 11) is 3.18. The molecule has 0 unspecified atom stereocenters. The predicted molar refractivity (Wildman–Crippen MR) is 128 cm³/mol. The molecule has 0 radical (unpaired) electrons. The summed E-state index contributed by atoms with van der Waals surface area (Å²) in [6.45, 7) is 3.32. The van der Waals surface area contributed by atoms with E-state index in [-0.39, 0.29) is 24.3 Å². The van der Waals surface area contributed by atoms with Crippen molar-refractivity contribution in [2.75, 3.05) is 32.2 Å². The molecule has 182 valence electrons. The van der Waals surface area contributed by atoms with Crippen LogP contribution < -0.4 is 14.4 Å². The fourth-order valence-corrected chi connectivity index (χ4v) is 4.84. The van der Waals surface area contributed by atoms with E-state index in [0.29, 0.717) is 36.1 Å². The number of aromatic nitrogens is 4. The third kappa shape index (κ3) is 4.37. The molecule has 0 bridgehead atoms. The molecule has 2 aliphatic heterocycles. The van der Waals surface area contributed by atoms with Crippen LogP contribution in [0, 0.1) is 6.92 Å². The number of ether oxygens (including phenoxy) is 2. The third-order valence-corrected chi connectivity index (χ3v) is 6.72.